The van der Waals surface area contributed by atoms with Crippen LogP contribution in [0.25, 0.3) is 0 Å². The van der Waals surface area contributed by atoms with Crippen molar-refractivity contribution in [3.8, 4) is 5.75 Å². The Labute approximate surface area is 141 Å². The highest BCUT2D eigenvalue weighted by molar-refractivity contribution is 9.10. The van der Waals surface area contributed by atoms with E-state index >= 15 is 0 Å². The van der Waals surface area contributed by atoms with Gasteiger partial charge in [0.05, 0.1) is 0 Å². The second-order valence-electron chi connectivity index (χ2n) is 5.66. The fourth-order valence-corrected chi connectivity index (χ4v) is 2.50. The van der Waals surface area contributed by atoms with Crippen molar-refractivity contribution in [2.24, 2.45) is 0 Å². The molecular weight excluding hydrogens is 356 g/mol. The van der Waals surface area contributed by atoms with Gasteiger partial charge in [-0.15, -0.1) is 12.4 Å². The topological polar surface area (TPSA) is 32.8 Å². The van der Waals surface area contributed by atoms with E-state index in [-0.39, 0.29) is 18.3 Å². The fraction of sp³-hybridized carbons (Fsp3) is 0.533. The number of hydrogen-bond acceptors (Lipinski definition) is 3. The van der Waals surface area contributed by atoms with Gasteiger partial charge < -0.3 is 14.5 Å². The van der Waals surface area contributed by atoms with Gasteiger partial charge in [-0.2, -0.15) is 0 Å². The van der Waals surface area contributed by atoms with Crippen LogP contribution in [0, 0.1) is 0 Å². The maximum Gasteiger partial charge on any atom is 0.266 e. The standard InChI is InChI=1S/C15H21BrN2O2.ClH/c1-15(2,20-13-6-4-12(16)5-7-13)14(19)18-10-8-17(3)9-11-18;/h4-7H,8-11H2,1-3H3;1H. The Morgan fingerprint density at radius 3 is 2.19 bits per heavy atom. The third-order valence-electron chi connectivity index (χ3n) is 3.49. The van der Waals surface area contributed by atoms with Crippen molar-refractivity contribution in [1.29, 1.82) is 0 Å². The molecule has 1 heterocycles. The van der Waals surface area contributed by atoms with Gasteiger partial charge in [0.2, 0.25) is 0 Å². The maximum atomic E-state index is 12.6. The van der Waals surface area contributed by atoms with Crippen molar-refractivity contribution < 1.29 is 9.53 Å². The van der Waals surface area contributed by atoms with Crippen LogP contribution < -0.4 is 4.74 Å². The zero-order valence-corrected chi connectivity index (χ0v) is 15.0. The molecule has 1 aliphatic heterocycles. The first kappa shape index (κ1) is 18.3. The number of nitrogens with zero attached hydrogens (tertiary/aromatic N) is 2. The Kier molecular flexibility index (Phi) is 6.50. The molecule has 2 rings (SSSR count). The van der Waals surface area contributed by atoms with Crippen LogP contribution in [0.3, 0.4) is 0 Å². The lowest BCUT2D eigenvalue weighted by Gasteiger charge is -2.37. The first-order valence-corrected chi connectivity index (χ1v) is 7.60. The number of carbonyl (C=O) groups excluding carboxylic acids is 1. The fourth-order valence-electron chi connectivity index (χ4n) is 2.23. The highest BCUT2D eigenvalue weighted by Crippen LogP contribution is 2.23. The molecule has 0 saturated carbocycles. The normalized spacial score (nSPS) is 16.3. The molecule has 1 amide bonds. The third-order valence-corrected chi connectivity index (χ3v) is 4.02. The van der Waals surface area contributed by atoms with Gasteiger partial charge in [-0.3, -0.25) is 4.79 Å². The number of carbonyl (C=O) groups is 1. The minimum absolute atomic E-state index is 0. The first-order valence-electron chi connectivity index (χ1n) is 6.81. The number of amides is 1. The van der Waals surface area contributed by atoms with Crippen LogP contribution in [0.2, 0.25) is 0 Å². The number of rotatable bonds is 3. The van der Waals surface area contributed by atoms with Crippen LogP contribution in [-0.4, -0.2) is 54.5 Å². The third kappa shape index (κ3) is 4.87. The summed E-state index contributed by atoms with van der Waals surface area (Å²) in [5.74, 6) is 0.759. The number of likely N-dealkylation sites (N-methyl/N-ethyl adjacent to an activating group) is 1. The van der Waals surface area contributed by atoms with Crippen LogP contribution in [0.5, 0.6) is 5.75 Å². The van der Waals surface area contributed by atoms with Gasteiger partial charge in [-0.25, -0.2) is 0 Å². The second-order valence-corrected chi connectivity index (χ2v) is 6.58. The molecule has 0 aromatic heterocycles. The lowest BCUT2D eigenvalue weighted by Crippen LogP contribution is -2.55. The molecular formula is C15H22BrClN2O2. The van der Waals surface area contributed by atoms with Gasteiger partial charge >= 0.3 is 0 Å². The molecule has 1 saturated heterocycles. The van der Waals surface area contributed by atoms with Crippen LogP contribution >= 0.6 is 28.3 Å². The van der Waals surface area contributed by atoms with Gasteiger partial charge in [-0.1, -0.05) is 15.9 Å². The van der Waals surface area contributed by atoms with Crippen LogP contribution in [-0.2, 0) is 4.79 Å². The van der Waals surface area contributed by atoms with E-state index in [1.54, 1.807) is 0 Å². The summed E-state index contributed by atoms with van der Waals surface area (Å²) in [6.45, 7) is 7.02. The summed E-state index contributed by atoms with van der Waals surface area (Å²) in [6.07, 6.45) is 0. The lowest BCUT2D eigenvalue weighted by atomic mass is 10.1. The van der Waals surface area contributed by atoms with Crippen molar-refractivity contribution in [2.75, 3.05) is 33.2 Å². The molecule has 0 N–H and O–H groups in total. The summed E-state index contributed by atoms with van der Waals surface area (Å²) in [5.41, 5.74) is -0.844. The molecule has 0 spiro atoms. The number of halogens is 2. The molecule has 0 aliphatic carbocycles. The highest BCUT2D eigenvalue weighted by atomic mass is 79.9. The summed E-state index contributed by atoms with van der Waals surface area (Å²) >= 11 is 3.39. The van der Waals surface area contributed by atoms with E-state index in [2.05, 4.69) is 27.9 Å². The Morgan fingerprint density at radius 1 is 1.14 bits per heavy atom. The Morgan fingerprint density at radius 2 is 1.67 bits per heavy atom. The summed E-state index contributed by atoms with van der Waals surface area (Å²) in [6, 6.07) is 7.55. The zero-order valence-electron chi connectivity index (χ0n) is 12.6. The Bertz CT molecular complexity index is 471. The van der Waals surface area contributed by atoms with Crippen LogP contribution in [0.15, 0.2) is 28.7 Å². The largest absolute Gasteiger partial charge is 0.478 e. The molecule has 1 aromatic carbocycles. The predicted molar refractivity (Wildman–Crippen MR) is 90.2 cm³/mol. The molecule has 0 unspecified atom stereocenters. The average molecular weight is 378 g/mol. The molecule has 1 aromatic rings. The summed E-state index contributed by atoms with van der Waals surface area (Å²) in [7, 11) is 2.07. The van der Waals surface area contributed by atoms with Gasteiger partial charge in [0, 0.05) is 30.7 Å². The monoisotopic (exact) mass is 376 g/mol. The first-order chi connectivity index (χ1) is 9.38. The predicted octanol–water partition coefficient (Wildman–Crippen LogP) is 2.80. The quantitative estimate of drug-likeness (QED) is 0.812. The van der Waals surface area contributed by atoms with Crippen molar-refractivity contribution in [2.45, 2.75) is 19.4 Å². The van der Waals surface area contributed by atoms with E-state index in [4.69, 9.17) is 4.74 Å². The number of ether oxygens (including phenoxy) is 1. The number of piperazine rings is 1. The highest BCUT2D eigenvalue weighted by Gasteiger charge is 2.35. The van der Waals surface area contributed by atoms with Gasteiger partial charge in [0.15, 0.2) is 5.60 Å². The Balaban J connectivity index is 0.00000220. The molecule has 0 atom stereocenters. The molecule has 0 bridgehead atoms. The molecule has 118 valence electrons. The molecule has 1 aliphatic rings. The molecule has 4 nitrogen and oxygen atoms in total. The zero-order chi connectivity index (χ0) is 14.8. The van der Waals surface area contributed by atoms with E-state index in [0.29, 0.717) is 5.75 Å². The Hall–Kier alpha value is -0.780. The van der Waals surface area contributed by atoms with E-state index in [0.717, 1.165) is 30.7 Å². The van der Waals surface area contributed by atoms with E-state index in [9.17, 15) is 4.79 Å². The van der Waals surface area contributed by atoms with Crippen LogP contribution in [0.1, 0.15) is 13.8 Å². The lowest BCUT2D eigenvalue weighted by molar-refractivity contribution is -0.147. The molecule has 6 heteroatoms. The van der Waals surface area contributed by atoms with Gasteiger partial charge in [0.25, 0.3) is 5.91 Å². The minimum atomic E-state index is -0.844. The summed E-state index contributed by atoms with van der Waals surface area (Å²) in [5, 5.41) is 0. The van der Waals surface area contributed by atoms with E-state index in [1.807, 2.05) is 43.0 Å². The van der Waals surface area contributed by atoms with Crippen LogP contribution in [0.4, 0.5) is 0 Å². The van der Waals surface area contributed by atoms with Crippen molar-refractivity contribution in [3.63, 3.8) is 0 Å². The van der Waals surface area contributed by atoms with Crippen molar-refractivity contribution in [1.82, 2.24) is 9.80 Å². The smallest absolute Gasteiger partial charge is 0.266 e. The van der Waals surface area contributed by atoms with Crippen molar-refractivity contribution >= 4 is 34.2 Å². The molecule has 1 fully saturated rings. The molecule has 21 heavy (non-hydrogen) atoms. The summed E-state index contributed by atoms with van der Waals surface area (Å²) < 4.78 is 6.87. The maximum absolute atomic E-state index is 12.6. The summed E-state index contributed by atoms with van der Waals surface area (Å²) in [4.78, 5) is 16.7. The molecule has 0 radical (unpaired) electrons. The van der Waals surface area contributed by atoms with Gasteiger partial charge in [0.1, 0.15) is 5.75 Å². The van der Waals surface area contributed by atoms with E-state index < -0.39 is 5.60 Å². The van der Waals surface area contributed by atoms with Crippen molar-refractivity contribution in [3.05, 3.63) is 28.7 Å². The average Bonchev–Trinajstić information content (AvgIpc) is 2.41. The number of hydrogen-bond donors (Lipinski definition) is 0. The second kappa shape index (κ2) is 7.47. The van der Waals surface area contributed by atoms with E-state index in [1.165, 1.54) is 0 Å². The number of benzene rings is 1. The SMILES string of the molecule is CN1CCN(C(=O)C(C)(C)Oc2ccc(Br)cc2)CC1.Cl. The minimum Gasteiger partial charge on any atom is -0.478 e. The van der Waals surface area contributed by atoms with Gasteiger partial charge in [-0.05, 0) is 45.2 Å².